The maximum absolute atomic E-state index is 12.6. The van der Waals surface area contributed by atoms with Crippen molar-refractivity contribution in [2.45, 2.75) is 82.4 Å². The summed E-state index contributed by atoms with van der Waals surface area (Å²) in [5.41, 5.74) is 5.07. The van der Waals surface area contributed by atoms with Crippen molar-refractivity contribution in [2.24, 2.45) is 5.73 Å². The lowest BCUT2D eigenvalue weighted by atomic mass is 9.96. The van der Waals surface area contributed by atoms with Gasteiger partial charge in [-0.15, -0.1) is 0 Å². The minimum atomic E-state index is -1.64. The molecule has 0 radical (unpaired) electrons. The van der Waals surface area contributed by atoms with E-state index in [-0.39, 0.29) is 12.8 Å². The van der Waals surface area contributed by atoms with E-state index in [1.165, 1.54) is 13.8 Å². The van der Waals surface area contributed by atoms with Crippen molar-refractivity contribution in [1.82, 2.24) is 16.0 Å². The number of amides is 4. The molecule has 0 saturated carbocycles. The third-order valence-corrected chi connectivity index (χ3v) is 5.21. The number of aliphatic hydroxyl groups excluding tert-OH is 3. The Morgan fingerprint density at radius 1 is 1.09 bits per heavy atom. The van der Waals surface area contributed by atoms with Crippen molar-refractivity contribution >= 4 is 29.6 Å². The highest BCUT2D eigenvalue weighted by molar-refractivity contribution is 5.91. The van der Waals surface area contributed by atoms with Gasteiger partial charge in [0.25, 0.3) is 0 Å². The molecule has 200 valence electrons. The summed E-state index contributed by atoms with van der Waals surface area (Å²) in [7, 11) is 1.10. The van der Waals surface area contributed by atoms with E-state index >= 15 is 0 Å². The number of methoxy groups -OCH3 is 1. The zero-order chi connectivity index (χ0) is 26.9. The van der Waals surface area contributed by atoms with E-state index in [0.717, 1.165) is 14.0 Å². The average molecular weight is 507 g/mol. The number of primary amides is 1. The maximum atomic E-state index is 12.6. The summed E-state index contributed by atoms with van der Waals surface area (Å²) in [4.78, 5) is 59.4. The lowest BCUT2D eigenvalue weighted by Gasteiger charge is -2.43. The summed E-state index contributed by atoms with van der Waals surface area (Å²) < 4.78 is 15.2. The van der Waals surface area contributed by atoms with Crippen LogP contribution in [-0.2, 0) is 38.2 Å². The zero-order valence-electron chi connectivity index (χ0n) is 19.9. The Morgan fingerprint density at radius 2 is 1.71 bits per heavy atom. The van der Waals surface area contributed by atoms with Crippen LogP contribution < -0.4 is 21.7 Å². The number of ether oxygens (including phenoxy) is 3. The molecular formula is C20H34N4O11. The van der Waals surface area contributed by atoms with Crippen LogP contribution in [0.2, 0.25) is 0 Å². The van der Waals surface area contributed by atoms with Crippen molar-refractivity contribution in [3.63, 3.8) is 0 Å². The Morgan fingerprint density at radius 3 is 2.23 bits per heavy atom. The molecule has 1 fully saturated rings. The topological polar surface area (TPSA) is 236 Å². The number of nitrogens with two attached hydrogens (primary N) is 1. The van der Waals surface area contributed by atoms with Gasteiger partial charge in [-0.05, 0) is 20.3 Å². The van der Waals surface area contributed by atoms with Crippen molar-refractivity contribution in [1.29, 1.82) is 0 Å². The van der Waals surface area contributed by atoms with Gasteiger partial charge in [0, 0.05) is 13.3 Å². The fourth-order valence-corrected chi connectivity index (χ4v) is 3.30. The first-order chi connectivity index (χ1) is 16.3. The molecule has 35 heavy (non-hydrogen) atoms. The number of esters is 1. The SMILES string of the molecule is COC(=O)[C@@H](CCC(N)=O)NC(=O)[C@H](C)NC(=O)[C@@H](C)O[C@H]1[C@H](O)[C@@H](CO)O[C@H](O)[C@@H]1NC(C)=O. The molecule has 0 bridgehead atoms. The molecule has 0 aromatic rings. The molecule has 15 nitrogen and oxygen atoms in total. The van der Waals surface area contributed by atoms with Gasteiger partial charge in [-0.2, -0.15) is 0 Å². The van der Waals surface area contributed by atoms with Crippen LogP contribution >= 0.6 is 0 Å². The summed E-state index contributed by atoms with van der Waals surface area (Å²) in [5.74, 6) is -3.61. The first-order valence-electron chi connectivity index (χ1n) is 10.8. The predicted octanol–water partition coefficient (Wildman–Crippen LogP) is -4.24. The summed E-state index contributed by atoms with van der Waals surface area (Å²) in [6, 6.07) is -3.58. The minimum Gasteiger partial charge on any atom is -0.467 e. The van der Waals surface area contributed by atoms with Crippen molar-refractivity contribution < 1.29 is 53.5 Å². The quantitative estimate of drug-likeness (QED) is 0.125. The number of hydrogen-bond acceptors (Lipinski definition) is 11. The number of hydrogen-bond donors (Lipinski definition) is 7. The van der Waals surface area contributed by atoms with Gasteiger partial charge in [0.1, 0.15) is 42.5 Å². The zero-order valence-corrected chi connectivity index (χ0v) is 19.9. The van der Waals surface area contributed by atoms with Gasteiger partial charge in [-0.1, -0.05) is 0 Å². The molecule has 1 heterocycles. The summed E-state index contributed by atoms with van der Waals surface area (Å²) >= 11 is 0. The molecule has 8 N–H and O–H groups in total. The smallest absolute Gasteiger partial charge is 0.328 e. The van der Waals surface area contributed by atoms with Gasteiger partial charge >= 0.3 is 5.97 Å². The molecule has 0 unspecified atom stereocenters. The second-order valence-corrected chi connectivity index (χ2v) is 8.03. The summed E-state index contributed by atoms with van der Waals surface area (Å²) in [6.45, 7) is 3.13. The monoisotopic (exact) mass is 506 g/mol. The number of nitrogens with one attached hydrogen (secondary N) is 3. The van der Waals surface area contributed by atoms with Crippen LogP contribution in [0.3, 0.4) is 0 Å². The van der Waals surface area contributed by atoms with Crippen LogP contribution in [0.25, 0.3) is 0 Å². The van der Waals surface area contributed by atoms with Crippen LogP contribution in [0.4, 0.5) is 0 Å². The van der Waals surface area contributed by atoms with E-state index in [2.05, 4.69) is 20.7 Å². The standard InChI is InChI=1S/C20H34N4O11/c1-8(17(29)24-11(19(31)33-4)5-6-13(21)27)22-18(30)9(2)34-16-14(23-10(3)26)20(32)35-12(7-25)15(16)28/h8-9,11-12,14-16,20,25,28,32H,5-7H2,1-4H3,(H2,21,27)(H,22,30)(H,23,26)(H,24,29)/t8-,9+,11+,12+,14+,15+,16+,20-/m0/s1. The molecular weight excluding hydrogens is 472 g/mol. The second-order valence-electron chi connectivity index (χ2n) is 8.03. The molecule has 0 aliphatic carbocycles. The highest BCUT2D eigenvalue weighted by atomic mass is 16.6. The molecule has 15 heteroatoms. The van der Waals surface area contributed by atoms with Crippen molar-refractivity contribution in [2.75, 3.05) is 13.7 Å². The van der Waals surface area contributed by atoms with E-state index in [9.17, 15) is 39.3 Å². The van der Waals surface area contributed by atoms with Crippen LogP contribution in [0, 0.1) is 0 Å². The van der Waals surface area contributed by atoms with Crippen LogP contribution in [-0.4, -0.2) is 107 Å². The first-order valence-corrected chi connectivity index (χ1v) is 10.8. The lowest BCUT2D eigenvalue weighted by molar-refractivity contribution is -0.266. The van der Waals surface area contributed by atoms with Gasteiger partial charge < -0.3 is 51.2 Å². The third kappa shape index (κ3) is 9.03. The lowest BCUT2D eigenvalue weighted by Crippen LogP contribution is -2.65. The molecule has 1 rings (SSSR count). The Bertz CT molecular complexity index is 780. The van der Waals surface area contributed by atoms with E-state index in [1.54, 1.807) is 0 Å². The Balaban J connectivity index is 2.82. The Hall–Kier alpha value is -2.85. The van der Waals surface area contributed by atoms with Crippen molar-refractivity contribution in [3.8, 4) is 0 Å². The maximum Gasteiger partial charge on any atom is 0.328 e. The van der Waals surface area contributed by atoms with Crippen molar-refractivity contribution in [3.05, 3.63) is 0 Å². The highest BCUT2D eigenvalue weighted by Crippen LogP contribution is 2.23. The van der Waals surface area contributed by atoms with E-state index in [1.807, 2.05) is 0 Å². The number of aliphatic hydroxyl groups is 3. The largest absolute Gasteiger partial charge is 0.467 e. The van der Waals surface area contributed by atoms with E-state index in [4.69, 9.17) is 15.2 Å². The van der Waals surface area contributed by atoms with Gasteiger partial charge in [-0.3, -0.25) is 19.2 Å². The molecule has 4 amide bonds. The summed E-state index contributed by atoms with van der Waals surface area (Å²) in [6.07, 6.45) is -7.32. The second kappa shape index (κ2) is 13.9. The Labute approximate surface area is 201 Å². The minimum absolute atomic E-state index is 0.103. The normalized spacial score (nSPS) is 26.5. The fourth-order valence-electron chi connectivity index (χ4n) is 3.30. The van der Waals surface area contributed by atoms with E-state index in [0.29, 0.717) is 0 Å². The van der Waals surface area contributed by atoms with E-state index < -0.39 is 85.0 Å². The number of carbonyl (C=O) groups is 5. The molecule has 8 atom stereocenters. The molecule has 0 spiro atoms. The van der Waals surface area contributed by atoms with Crippen LogP contribution in [0.1, 0.15) is 33.6 Å². The first kappa shape index (κ1) is 30.2. The molecule has 1 saturated heterocycles. The van der Waals surface area contributed by atoms with Gasteiger partial charge in [0.05, 0.1) is 13.7 Å². The highest BCUT2D eigenvalue weighted by Gasteiger charge is 2.47. The third-order valence-electron chi connectivity index (χ3n) is 5.21. The Kier molecular flexibility index (Phi) is 12.0. The molecule has 0 aromatic heterocycles. The molecule has 1 aliphatic rings. The van der Waals surface area contributed by atoms with Crippen LogP contribution in [0.15, 0.2) is 0 Å². The fraction of sp³-hybridized carbons (Fsp3) is 0.750. The van der Waals surface area contributed by atoms with Gasteiger partial charge in [-0.25, -0.2) is 4.79 Å². The molecule has 1 aliphatic heterocycles. The van der Waals surface area contributed by atoms with Gasteiger partial charge in [0.2, 0.25) is 23.6 Å². The predicted molar refractivity (Wildman–Crippen MR) is 116 cm³/mol. The number of carbonyl (C=O) groups excluding carboxylic acids is 5. The van der Waals surface area contributed by atoms with Gasteiger partial charge in [0.15, 0.2) is 6.29 Å². The molecule has 0 aromatic carbocycles. The summed E-state index contributed by atoms with van der Waals surface area (Å²) in [5, 5.41) is 37.1. The average Bonchev–Trinajstić information content (AvgIpc) is 2.79. The number of rotatable bonds is 12. The van der Waals surface area contributed by atoms with Crippen LogP contribution in [0.5, 0.6) is 0 Å².